The Morgan fingerprint density at radius 2 is 1.89 bits per heavy atom. The summed E-state index contributed by atoms with van der Waals surface area (Å²) in [6.07, 6.45) is 4.17. The molecule has 0 aliphatic carbocycles. The van der Waals surface area contributed by atoms with Crippen molar-refractivity contribution in [1.29, 1.82) is 0 Å². The lowest BCUT2D eigenvalue weighted by atomic mass is 10.1. The zero-order valence-electron chi connectivity index (χ0n) is 11.3. The summed E-state index contributed by atoms with van der Waals surface area (Å²) in [7, 11) is 0. The van der Waals surface area contributed by atoms with Crippen molar-refractivity contribution in [3.8, 4) is 0 Å². The van der Waals surface area contributed by atoms with Gasteiger partial charge in [0.1, 0.15) is 0 Å². The SMILES string of the molecule is CSCC(NC(C)C(CO)SC)c1ccccc1. The molecule has 2 N–H and O–H groups in total. The van der Waals surface area contributed by atoms with Gasteiger partial charge in [0.05, 0.1) is 6.61 Å². The van der Waals surface area contributed by atoms with Crippen molar-refractivity contribution in [2.24, 2.45) is 0 Å². The molecule has 0 radical (unpaired) electrons. The summed E-state index contributed by atoms with van der Waals surface area (Å²) >= 11 is 3.56. The zero-order chi connectivity index (χ0) is 13.4. The van der Waals surface area contributed by atoms with Gasteiger partial charge in [-0.2, -0.15) is 23.5 Å². The molecule has 1 rings (SSSR count). The molecule has 0 saturated carbocycles. The first-order valence-corrected chi connectivity index (χ1v) is 8.84. The molecule has 1 aromatic rings. The van der Waals surface area contributed by atoms with Gasteiger partial charge in [-0.05, 0) is 25.0 Å². The Kier molecular flexibility index (Phi) is 7.82. The summed E-state index contributed by atoms with van der Waals surface area (Å²) in [6, 6.07) is 11.2. The van der Waals surface area contributed by atoms with E-state index in [2.05, 4.69) is 42.8 Å². The lowest BCUT2D eigenvalue weighted by molar-refractivity contribution is 0.272. The van der Waals surface area contributed by atoms with E-state index in [0.717, 1.165) is 5.75 Å². The van der Waals surface area contributed by atoms with Gasteiger partial charge in [-0.1, -0.05) is 30.3 Å². The van der Waals surface area contributed by atoms with E-state index in [1.807, 2.05) is 24.1 Å². The predicted octanol–water partition coefficient (Wildman–Crippen LogP) is 2.79. The van der Waals surface area contributed by atoms with Crippen LogP contribution in [0.15, 0.2) is 30.3 Å². The van der Waals surface area contributed by atoms with Gasteiger partial charge >= 0.3 is 0 Å². The van der Waals surface area contributed by atoms with Crippen molar-refractivity contribution in [3.05, 3.63) is 35.9 Å². The van der Waals surface area contributed by atoms with E-state index in [1.54, 1.807) is 11.8 Å². The van der Waals surface area contributed by atoms with E-state index in [9.17, 15) is 5.11 Å². The Hall–Kier alpha value is -0.160. The third kappa shape index (κ3) is 4.84. The first-order valence-electron chi connectivity index (χ1n) is 6.16. The highest BCUT2D eigenvalue weighted by Crippen LogP contribution is 2.20. The number of thioether (sulfide) groups is 2. The fourth-order valence-electron chi connectivity index (χ4n) is 1.95. The first kappa shape index (κ1) is 15.9. The summed E-state index contributed by atoms with van der Waals surface area (Å²) in [5.41, 5.74) is 1.32. The van der Waals surface area contributed by atoms with Crippen LogP contribution in [0.4, 0.5) is 0 Å². The monoisotopic (exact) mass is 285 g/mol. The van der Waals surface area contributed by atoms with E-state index in [1.165, 1.54) is 5.56 Å². The number of rotatable bonds is 8. The molecule has 4 heteroatoms. The maximum Gasteiger partial charge on any atom is 0.0564 e. The molecule has 18 heavy (non-hydrogen) atoms. The molecule has 0 fully saturated rings. The summed E-state index contributed by atoms with van der Waals surface area (Å²) in [5, 5.41) is 13.2. The minimum absolute atomic E-state index is 0.218. The molecule has 0 amide bonds. The van der Waals surface area contributed by atoms with Crippen LogP contribution in [0.5, 0.6) is 0 Å². The first-order chi connectivity index (χ1) is 8.72. The quantitative estimate of drug-likeness (QED) is 0.769. The van der Waals surface area contributed by atoms with Crippen LogP contribution in [-0.2, 0) is 0 Å². The molecule has 0 aliphatic heterocycles. The number of benzene rings is 1. The largest absolute Gasteiger partial charge is 0.395 e. The molecule has 0 heterocycles. The van der Waals surface area contributed by atoms with Crippen LogP contribution in [0, 0.1) is 0 Å². The van der Waals surface area contributed by atoms with Crippen LogP contribution >= 0.6 is 23.5 Å². The molecule has 0 saturated heterocycles. The van der Waals surface area contributed by atoms with Gasteiger partial charge < -0.3 is 10.4 Å². The molecule has 1 aromatic carbocycles. The minimum Gasteiger partial charge on any atom is -0.395 e. The second-order valence-corrected chi connectivity index (χ2v) is 6.32. The minimum atomic E-state index is 0.218. The Labute approximate surface area is 119 Å². The summed E-state index contributed by atoms with van der Waals surface area (Å²) in [6.45, 7) is 2.36. The second kappa shape index (κ2) is 8.86. The van der Waals surface area contributed by atoms with E-state index in [4.69, 9.17) is 0 Å². The molecule has 0 aliphatic rings. The number of nitrogens with one attached hydrogen (secondary N) is 1. The van der Waals surface area contributed by atoms with Crippen LogP contribution in [0.1, 0.15) is 18.5 Å². The van der Waals surface area contributed by atoms with Crippen LogP contribution < -0.4 is 5.32 Å². The number of hydrogen-bond donors (Lipinski definition) is 2. The molecule has 0 spiro atoms. The Morgan fingerprint density at radius 1 is 1.22 bits per heavy atom. The third-order valence-corrected chi connectivity index (χ3v) is 4.87. The predicted molar refractivity (Wildman–Crippen MR) is 84.6 cm³/mol. The number of hydrogen-bond acceptors (Lipinski definition) is 4. The van der Waals surface area contributed by atoms with Crippen LogP contribution in [0.25, 0.3) is 0 Å². The second-order valence-electron chi connectivity index (χ2n) is 4.33. The topological polar surface area (TPSA) is 32.3 Å². The van der Waals surface area contributed by atoms with Gasteiger partial charge in [0.15, 0.2) is 0 Å². The molecule has 3 atom stereocenters. The molecule has 3 unspecified atom stereocenters. The highest BCUT2D eigenvalue weighted by molar-refractivity contribution is 7.99. The molecular formula is C14H23NOS2. The average Bonchev–Trinajstić information content (AvgIpc) is 2.40. The maximum absolute atomic E-state index is 9.34. The van der Waals surface area contributed by atoms with Crippen molar-refractivity contribution in [2.75, 3.05) is 24.9 Å². The molecule has 102 valence electrons. The molecule has 0 bridgehead atoms. The third-order valence-electron chi connectivity index (χ3n) is 3.04. The van der Waals surface area contributed by atoms with Gasteiger partial charge in [-0.15, -0.1) is 0 Å². The zero-order valence-corrected chi connectivity index (χ0v) is 12.9. The van der Waals surface area contributed by atoms with Crippen molar-refractivity contribution < 1.29 is 5.11 Å². The van der Waals surface area contributed by atoms with Gasteiger partial charge in [-0.3, -0.25) is 0 Å². The Balaban J connectivity index is 2.69. The van der Waals surface area contributed by atoms with Crippen LogP contribution in [0.2, 0.25) is 0 Å². The van der Waals surface area contributed by atoms with Crippen LogP contribution in [-0.4, -0.2) is 41.3 Å². The smallest absolute Gasteiger partial charge is 0.0564 e. The normalized spacial score (nSPS) is 16.2. The van der Waals surface area contributed by atoms with E-state index >= 15 is 0 Å². The molecule has 0 aromatic heterocycles. The molecular weight excluding hydrogens is 262 g/mol. The van der Waals surface area contributed by atoms with E-state index in [0.29, 0.717) is 12.1 Å². The standard InChI is InChI=1S/C14H23NOS2/c1-11(14(9-16)18-3)15-13(10-17-2)12-7-5-4-6-8-12/h4-8,11,13-16H,9-10H2,1-3H3. The summed E-state index contributed by atoms with van der Waals surface area (Å²) < 4.78 is 0. The Bertz CT molecular complexity index is 317. The van der Waals surface area contributed by atoms with Crippen molar-refractivity contribution in [3.63, 3.8) is 0 Å². The van der Waals surface area contributed by atoms with Crippen molar-refractivity contribution >= 4 is 23.5 Å². The summed E-state index contributed by atoms with van der Waals surface area (Å²) in [4.78, 5) is 0. The fraction of sp³-hybridized carbons (Fsp3) is 0.571. The lowest BCUT2D eigenvalue weighted by Crippen LogP contribution is -2.40. The van der Waals surface area contributed by atoms with Crippen molar-refractivity contribution in [1.82, 2.24) is 5.32 Å². The van der Waals surface area contributed by atoms with Gasteiger partial charge in [0.25, 0.3) is 0 Å². The lowest BCUT2D eigenvalue weighted by Gasteiger charge is -2.27. The van der Waals surface area contributed by atoms with E-state index in [-0.39, 0.29) is 11.9 Å². The molecule has 2 nitrogen and oxygen atoms in total. The number of aliphatic hydroxyl groups is 1. The van der Waals surface area contributed by atoms with Gasteiger partial charge in [0.2, 0.25) is 0 Å². The average molecular weight is 285 g/mol. The maximum atomic E-state index is 9.34. The van der Waals surface area contributed by atoms with Crippen LogP contribution in [0.3, 0.4) is 0 Å². The van der Waals surface area contributed by atoms with Crippen molar-refractivity contribution in [2.45, 2.75) is 24.3 Å². The Morgan fingerprint density at radius 3 is 2.39 bits per heavy atom. The van der Waals surface area contributed by atoms with Gasteiger partial charge in [-0.25, -0.2) is 0 Å². The highest BCUT2D eigenvalue weighted by atomic mass is 32.2. The van der Waals surface area contributed by atoms with Gasteiger partial charge in [0, 0.05) is 23.1 Å². The highest BCUT2D eigenvalue weighted by Gasteiger charge is 2.19. The number of aliphatic hydroxyl groups excluding tert-OH is 1. The fourth-order valence-corrected chi connectivity index (χ4v) is 3.21. The van der Waals surface area contributed by atoms with E-state index < -0.39 is 0 Å². The summed E-state index contributed by atoms with van der Waals surface area (Å²) in [5.74, 6) is 1.04.